The second-order valence-electron chi connectivity index (χ2n) is 4.03. The zero-order valence-electron chi connectivity index (χ0n) is 9.67. The van der Waals surface area contributed by atoms with Crippen molar-refractivity contribution in [2.45, 2.75) is 17.9 Å². The predicted octanol–water partition coefficient (Wildman–Crippen LogP) is 1.09. The second-order valence-corrected chi connectivity index (χ2v) is 5.97. The second kappa shape index (κ2) is 5.82. The van der Waals surface area contributed by atoms with Crippen LogP contribution in [0.15, 0.2) is 35.2 Å². The zero-order valence-corrected chi connectivity index (χ0v) is 11.3. The van der Waals surface area contributed by atoms with Crippen molar-refractivity contribution in [2.75, 3.05) is 19.6 Å². The first-order chi connectivity index (χ1) is 7.60. The van der Waals surface area contributed by atoms with Crippen LogP contribution in [0.2, 0.25) is 0 Å². The van der Waals surface area contributed by atoms with E-state index in [2.05, 4.69) is 5.32 Å². The molecule has 17 heavy (non-hydrogen) atoms. The summed E-state index contributed by atoms with van der Waals surface area (Å²) >= 11 is 0. The molecule has 1 aliphatic heterocycles. The fourth-order valence-electron chi connectivity index (χ4n) is 1.86. The molecular formula is C11H17ClN2O2S. The standard InChI is InChI=1S/C11H16N2O2S.ClH/c1-10-9-13(8-7-12-10)16(14,15)11-5-3-2-4-6-11;/h2-6,10,12H,7-9H2,1H3;1H. The Morgan fingerprint density at radius 2 is 1.94 bits per heavy atom. The summed E-state index contributed by atoms with van der Waals surface area (Å²) in [7, 11) is -3.30. The van der Waals surface area contributed by atoms with Crippen molar-refractivity contribution in [3.05, 3.63) is 30.3 Å². The lowest BCUT2D eigenvalue weighted by Gasteiger charge is -2.30. The summed E-state index contributed by atoms with van der Waals surface area (Å²) in [5.74, 6) is 0. The molecule has 0 bridgehead atoms. The summed E-state index contributed by atoms with van der Waals surface area (Å²) in [5.41, 5.74) is 0. The topological polar surface area (TPSA) is 49.4 Å². The molecule has 96 valence electrons. The maximum atomic E-state index is 12.2. The molecule has 0 radical (unpaired) electrons. The average Bonchev–Trinajstić information content (AvgIpc) is 2.30. The van der Waals surface area contributed by atoms with Crippen LogP contribution in [0.3, 0.4) is 0 Å². The summed E-state index contributed by atoms with van der Waals surface area (Å²) in [4.78, 5) is 0.379. The van der Waals surface area contributed by atoms with Crippen molar-refractivity contribution in [3.8, 4) is 0 Å². The first-order valence-corrected chi connectivity index (χ1v) is 6.83. The molecular weight excluding hydrogens is 260 g/mol. The van der Waals surface area contributed by atoms with Crippen LogP contribution in [0.4, 0.5) is 0 Å². The highest BCUT2D eigenvalue weighted by atomic mass is 35.5. The molecule has 1 unspecified atom stereocenters. The van der Waals surface area contributed by atoms with E-state index in [9.17, 15) is 8.42 Å². The van der Waals surface area contributed by atoms with Crippen LogP contribution >= 0.6 is 12.4 Å². The van der Waals surface area contributed by atoms with Crippen molar-refractivity contribution in [1.82, 2.24) is 9.62 Å². The van der Waals surface area contributed by atoms with Gasteiger partial charge in [0.15, 0.2) is 0 Å². The minimum atomic E-state index is -3.30. The molecule has 0 aliphatic carbocycles. The lowest BCUT2D eigenvalue weighted by atomic mass is 10.3. The van der Waals surface area contributed by atoms with Gasteiger partial charge in [-0.25, -0.2) is 8.42 Å². The normalized spacial score (nSPS) is 21.8. The van der Waals surface area contributed by atoms with Crippen LogP contribution in [-0.4, -0.2) is 38.4 Å². The summed E-state index contributed by atoms with van der Waals surface area (Å²) in [6, 6.07) is 8.81. The number of rotatable bonds is 2. The number of hydrogen-bond donors (Lipinski definition) is 1. The Morgan fingerprint density at radius 1 is 1.29 bits per heavy atom. The smallest absolute Gasteiger partial charge is 0.243 e. The van der Waals surface area contributed by atoms with E-state index >= 15 is 0 Å². The van der Waals surface area contributed by atoms with Gasteiger partial charge >= 0.3 is 0 Å². The number of nitrogens with zero attached hydrogens (tertiary/aromatic N) is 1. The van der Waals surface area contributed by atoms with E-state index in [4.69, 9.17) is 0 Å². The summed E-state index contributed by atoms with van der Waals surface area (Å²) < 4.78 is 26.0. The molecule has 1 aliphatic rings. The molecule has 6 heteroatoms. The Bertz CT molecular complexity index is 450. The molecule has 1 fully saturated rings. The van der Waals surface area contributed by atoms with Gasteiger partial charge in [-0.2, -0.15) is 4.31 Å². The van der Waals surface area contributed by atoms with Gasteiger partial charge in [-0.3, -0.25) is 0 Å². The van der Waals surface area contributed by atoms with Crippen LogP contribution in [0.1, 0.15) is 6.92 Å². The minimum absolute atomic E-state index is 0. The summed E-state index contributed by atoms with van der Waals surface area (Å²) in [5, 5.41) is 3.23. The van der Waals surface area contributed by atoms with E-state index in [0.717, 1.165) is 0 Å². The lowest BCUT2D eigenvalue weighted by molar-refractivity contribution is 0.310. The van der Waals surface area contributed by atoms with Gasteiger partial charge in [0.05, 0.1) is 4.90 Å². The van der Waals surface area contributed by atoms with Gasteiger partial charge < -0.3 is 5.32 Å². The van der Waals surface area contributed by atoms with E-state index in [1.165, 1.54) is 0 Å². The Kier molecular flexibility index (Phi) is 4.94. The first-order valence-electron chi connectivity index (χ1n) is 5.39. The molecule has 4 nitrogen and oxygen atoms in total. The maximum absolute atomic E-state index is 12.2. The van der Waals surface area contributed by atoms with Crippen LogP contribution in [0.5, 0.6) is 0 Å². The van der Waals surface area contributed by atoms with Gasteiger partial charge in [-0.1, -0.05) is 18.2 Å². The fraction of sp³-hybridized carbons (Fsp3) is 0.455. The Hall–Kier alpha value is -0.620. The Labute approximate surface area is 108 Å². The molecule has 1 N–H and O–H groups in total. The molecule has 0 spiro atoms. The van der Waals surface area contributed by atoms with E-state index in [1.54, 1.807) is 28.6 Å². The number of sulfonamides is 1. The van der Waals surface area contributed by atoms with E-state index in [-0.39, 0.29) is 18.4 Å². The van der Waals surface area contributed by atoms with Gasteiger partial charge in [0, 0.05) is 25.7 Å². The number of benzene rings is 1. The largest absolute Gasteiger partial charge is 0.312 e. The van der Waals surface area contributed by atoms with Crippen molar-refractivity contribution in [1.29, 1.82) is 0 Å². The monoisotopic (exact) mass is 276 g/mol. The SMILES string of the molecule is CC1CN(S(=O)(=O)c2ccccc2)CCN1.Cl. The van der Waals surface area contributed by atoms with Crippen molar-refractivity contribution in [2.24, 2.45) is 0 Å². The van der Waals surface area contributed by atoms with E-state index < -0.39 is 10.0 Å². The van der Waals surface area contributed by atoms with Gasteiger partial charge in [-0.15, -0.1) is 12.4 Å². The van der Waals surface area contributed by atoms with Crippen molar-refractivity contribution >= 4 is 22.4 Å². The number of hydrogen-bond acceptors (Lipinski definition) is 3. The van der Waals surface area contributed by atoms with E-state index in [1.807, 2.05) is 13.0 Å². The van der Waals surface area contributed by atoms with Crippen LogP contribution in [0, 0.1) is 0 Å². The summed E-state index contributed by atoms with van der Waals surface area (Å²) in [6.45, 7) is 3.79. The summed E-state index contributed by atoms with van der Waals surface area (Å²) in [6.07, 6.45) is 0. The lowest BCUT2D eigenvalue weighted by Crippen LogP contribution is -2.51. The van der Waals surface area contributed by atoms with Crippen LogP contribution in [0.25, 0.3) is 0 Å². The third-order valence-electron chi connectivity index (χ3n) is 2.71. The van der Waals surface area contributed by atoms with Gasteiger partial charge in [0.25, 0.3) is 0 Å². The number of nitrogens with one attached hydrogen (secondary N) is 1. The number of piperazine rings is 1. The Balaban J connectivity index is 0.00000144. The molecule has 1 heterocycles. The fourth-order valence-corrected chi connectivity index (χ4v) is 3.41. The quantitative estimate of drug-likeness (QED) is 0.880. The van der Waals surface area contributed by atoms with Crippen LogP contribution in [-0.2, 0) is 10.0 Å². The van der Waals surface area contributed by atoms with E-state index in [0.29, 0.717) is 24.5 Å². The van der Waals surface area contributed by atoms with Gasteiger partial charge in [0.1, 0.15) is 0 Å². The Morgan fingerprint density at radius 3 is 2.53 bits per heavy atom. The van der Waals surface area contributed by atoms with Crippen molar-refractivity contribution in [3.63, 3.8) is 0 Å². The van der Waals surface area contributed by atoms with Gasteiger partial charge in [0.2, 0.25) is 10.0 Å². The molecule has 0 aromatic heterocycles. The average molecular weight is 277 g/mol. The first kappa shape index (κ1) is 14.4. The highest BCUT2D eigenvalue weighted by Crippen LogP contribution is 2.16. The molecule has 0 saturated carbocycles. The molecule has 1 saturated heterocycles. The third-order valence-corrected chi connectivity index (χ3v) is 4.59. The van der Waals surface area contributed by atoms with Gasteiger partial charge in [-0.05, 0) is 19.1 Å². The molecule has 1 aromatic rings. The molecule has 1 aromatic carbocycles. The molecule has 1 atom stereocenters. The molecule has 0 amide bonds. The minimum Gasteiger partial charge on any atom is -0.312 e. The van der Waals surface area contributed by atoms with Crippen molar-refractivity contribution < 1.29 is 8.42 Å². The maximum Gasteiger partial charge on any atom is 0.243 e. The predicted molar refractivity (Wildman–Crippen MR) is 69.9 cm³/mol. The zero-order chi connectivity index (χ0) is 11.6. The molecule has 2 rings (SSSR count). The third kappa shape index (κ3) is 3.19. The van der Waals surface area contributed by atoms with Crippen LogP contribution < -0.4 is 5.32 Å². The highest BCUT2D eigenvalue weighted by Gasteiger charge is 2.27. The number of halogens is 1. The highest BCUT2D eigenvalue weighted by molar-refractivity contribution is 7.89.